The Hall–Kier alpha value is -0.590. The summed E-state index contributed by atoms with van der Waals surface area (Å²) >= 11 is 1.68. The molecule has 2 atom stereocenters. The Morgan fingerprint density at radius 3 is 3.13 bits per heavy atom. The number of aryl methyl sites for hydroxylation is 1. The lowest BCUT2D eigenvalue weighted by molar-refractivity contribution is 0.0850. The van der Waals surface area contributed by atoms with Crippen LogP contribution in [0.3, 0.4) is 0 Å². The van der Waals surface area contributed by atoms with Gasteiger partial charge in [0, 0.05) is 12.6 Å². The van der Waals surface area contributed by atoms with Crippen LogP contribution < -0.4 is 5.32 Å². The minimum Gasteiger partial charge on any atom is -0.380 e. The molecule has 0 aromatic carbocycles. The Bertz CT molecular complexity index is 317. The van der Waals surface area contributed by atoms with Gasteiger partial charge in [0.2, 0.25) is 5.16 Å². The van der Waals surface area contributed by atoms with Crippen LogP contribution >= 0.6 is 11.8 Å². The second-order valence-corrected chi connectivity index (χ2v) is 4.82. The molecule has 84 valence electrons. The first-order valence-electron chi connectivity index (χ1n) is 5.10. The van der Waals surface area contributed by atoms with E-state index >= 15 is 0 Å². The van der Waals surface area contributed by atoms with Gasteiger partial charge in [-0.3, -0.25) is 5.10 Å². The number of rotatable bonds is 3. The van der Waals surface area contributed by atoms with Crippen LogP contribution in [0.15, 0.2) is 5.16 Å². The third-order valence-electron chi connectivity index (χ3n) is 2.51. The van der Waals surface area contributed by atoms with Crippen LogP contribution in [0.4, 0.5) is 0 Å². The van der Waals surface area contributed by atoms with Gasteiger partial charge in [-0.25, -0.2) is 4.98 Å². The molecule has 2 unspecified atom stereocenters. The van der Waals surface area contributed by atoms with E-state index in [9.17, 15) is 0 Å². The highest BCUT2D eigenvalue weighted by atomic mass is 32.2. The summed E-state index contributed by atoms with van der Waals surface area (Å²) in [6, 6.07) is 0.488. The van der Waals surface area contributed by atoms with Crippen molar-refractivity contribution >= 4 is 11.8 Å². The van der Waals surface area contributed by atoms with E-state index in [0.717, 1.165) is 30.6 Å². The first-order valence-corrected chi connectivity index (χ1v) is 5.98. The summed E-state index contributed by atoms with van der Waals surface area (Å²) in [7, 11) is 1.99. The van der Waals surface area contributed by atoms with E-state index in [-0.39, 0.29) is 0 Å². The van der Waals surface area contributed by atoms with E-state index < -0.39 is 0 Å². The summed E-state index contributed by atoms with van der Waals surface area (Å²) in [5, 5.41) is 11.5. The molecule has 1 aliphatic rings. The molecule has 6 heteroatoms. The van der Waals surface area contributed by atoms with Crippen molar-refractivity contribution in [2.75, 3.05) is 20.3 Å². The molecule has 15 heavy (non-hydrogen) atoms. The molecule has 2 N–H and O–H groups in total. The summed E-state index contributed by atoms with van der Waals surface area (Å²) in [6.07, 6.45) is 1.05. The molecule has 0 amide bonds. The van der Waals surface area contributed by atoms with E-state index in [1.54, 1.807) is 11.8 Å². The standard InChI is InChI=1S/C9H16N4OS/c1-6-11-9(13-12-6)15-8-5-14-4-3-7(8)10-2/h7-8,10H,3-5H2,1-2H3,(H,11,12,13). The number of thioether (sulfide) groups is 1. The van der Waals surface area contributed by atoms with Crippen LogP contribution in [0.25, 0.3) is 0 Å². The predicted molar refractivity (Wildman–Crippen MR) is 59.0 cm³/mol. The van der Waals surface area contributed by atoms with Gasteiger partial charge in [-0.15, -0.1) is 5.10 Å². The van der Waals surface area contributed by atoms with Crippen molar-refractivity contribution in [3.8, 4) is 0 Å². The van der Waals surface area contributed by atoms with Gasteiger partial charge in [0.15, 0.2) is 0 Å². The normalized spacial score (nSPS) is 26.8. The van der Waals surface area contributed by atoms with Crippen molar-refractivity contribution in [2.24, 2.45) is 0 Å². The molecule has 1 fully saturated rings. The van der Waals surface area contributed by atoms with Gasteiger partial charge in [0.05, 0.1) is 11.9 Å². The molecule has 0 bridgehead atoms. The monoisotopic (exact) mass is 228 g/mol. The van der Waals surface area contributed by atoms with Gasteiger partial charge in [0.1, 0.15) is 5.82 Å². The van der Waals surface area contributed by atoms with E-state index in [0.29, 0.717) is 11.3 Å². The fourth-order valence-corrected chi connectivity index (χ4v) is 2.83. The largest absolute Gasteiger partial charge is 0.380 e. The van der Waals surface area contributed by atoms with E-state index in [2.05, 4.69) is 20.5 Å². The first-order chi connectivity index (χ1) is 7.29. The maximum Gasteiger partial charge on any atom is 0.208 e. The molecule has 1 aromatic rings. The number of nitrogens with zero attached hydrogens (tertiary/aromatic N) is 2. The molecule has 0 spiro atoms. The molecule has 0 aliphatic carbocycles. The van der Waals surface area contributed by atoms with E-state index in [1.807, 2.05) is 14.0 Å². The lowest BCUT2D eigenvalue weighted by Gasteiger charge is -2.29. The number of nitrogens with one attached hydrogen (secondary N) is 2. The van der Waals surface area contributed by atoms with Crippen LogP contribution in [0.5, 0.6) is 0 Å². The van der Waals surface area contributed by atoms with E-state index in [1.165, 1.54) is 0 Å². The predicted octanol–water partition coefficient (Wildman–Crippen LogP) is 0.582. The van der Waals surface area contributed by atoms with Crippen molar-refractivity contribution in [1.82, 2.24) is 20.5 Å². The number of hydrogen-bond acceptors (Lipinski definition) is 5. The molecule has 1 aromatic heterocycles. The van der Waals surface area contributed by atoms with Gasteiger partial charge >= 0.3 is 0 Å². The zero-order valence-electron chi connectivity index (χ0n) is 8.99. The quantitative estimate of drug-likeness (QED) is 0.792. The lowest BCUT2D eigenvalue weighted by atomic mass is 10.1. The third kappa shape index (κ3) is 2.70. The zero-order chi connectivity index (χ0) is 10.7. The number of aromatic amines is 1. The second-order valence-electron chi connectivity index (χ2n) is 3.62. The van der Waals surface area contributed by atoms with Crippen molar-refractivity contribution < 1.29 is 4.74 Å². The summed E-state index contributed by atoms with van der Waals surface area (Å²) in [6.45, 7) is 3.52. The Morgan fingerprint density at radius 2 is 2.47 bits per heavy atom. The van der Waals surface area contributed by atoms with Gasteiger partial charge in [-0.05, 0) is 20.4 Å². The van der Waals surface area contributed by atoms with Crippen LogP contribution in [0.2, 0.25) is 0 Å². The molecular formula is C9H16N4OS. The molecule has 2 heterocycles. The highest BCUT2D eigenvalue weighted by Gasteiger charge is 2.26. The lowest BCUT2D eigenvalue weighted by Crippen LogP contribution is -2.43. The number of hydrogen-bond donors (Lipinski definition) is 2. The van der Waals surface area contributed by atoms with Crippen LogP contribution in [0, 0.1) is 6.92 Å². The fourth-order valence-electron chi connectivity index (χ4n) is 1.67. The summed E-state index contributed by atoms with van der Waals surface area (Å²) in [5.74, 6) is 0.857. The van der Waals surface area contributed by atoms with Gasteiger partial charge in [-0.2, -0.15) is 0 Å². The average molecular weight is 228 g/mol. The molecule has 5 nitrogen and oxygen atoms in total. The van der Waals surface area contributed by atoms with Crippen LogP contribution in [-0.2, 0) is 4.74 Å². The first kappa shape index (κ1) is 10.9. The van der Waals surface area contributed by atoms with Crippen LogP contribution in [-0.4, -0.2) is 46.7 Å². The molecule has 2 rings (SSSR count). The summed E-state index contributed by atoms with van der Waals surface area (Å²) in [4.78, 5) is 4.29. The summed E-state index contributed by atoms with van der Waals surface area (Å²) < 4.78 is 5.47. The van der Waals surface area contributed by atoms with Gasteiger partial charge in [-0.1, -0.05) is 11.8 Å². The number of H-pyrrole nitrogens is 1. The highest BCUT2D eigenvalue weighted by Crippen LogP contribution is 2.26. The number of aromatic nitrogens is 3. The summed E-state index contributed by atoms with van der Waals surface area (Å²) in [5.41, 5.74) is 0. The molecule has 1 saturated heterocycles. The molecule has 0 radical (unpaired) electrons. The van der Waals surface area contributed by atoms with Crippen molar-refractivity contribution in [1.29, 1.82) is 0 Å². The SMILES string of the molecule is CNC1CCOCC1Sc1n[nH]c(C)n1. The zero-order valence-corrected chi connectivity index (χ0v) is 9.80. The van der Waals surface area contributed by atoms with E-state index in [4.69, 9.17) is 4.74 Å². The van der Waals surface area contributed by atoms with Crippen LogP contribution in [0.1, 0.15) is 12.2 Å². The average Bonchev–Trinajstić information content (AvgIpc) is 2.65. The minimum atomic E-state index is 0.402. The maximum absolute atomic E-state index is 5.47. The Labute approximate surface area is 93.4 Å². The van der Waals surface area contributed by atoms with Crippen molar-refractivity contribution in [2.45, 2.75) is 29.8 Å². The second kappa shape index (κ2) is 4.96. The minimum absolute atomic E-state index is 0.402. The van der Waals surface area contributed by atoms with Crippen molar-refractivity contribution in [3.05, 3.63) is 5.82 Å². The van der Waals surface area contributed by atoms with Gasteiger partial charge < -0.3 is 10.1 Å². The van der Waals surface area contributed by atoms with Crippen molar-refractivity contribution in [3.63, 3.8) is 0 Å². The Kier molecular flexibility index (Phi) is 3.61. The molecule has 1 aliphatic heterocycles. The maximum atomic E-state index is 5.47. The molecular weight excluding hydrogens is 212 g/mol. The smallest absolute Gasteiger partial charge is 0.208 e. The third-order valence-corrected chi connectivity index (χ3v) is 3.67. The molecule has 0 saturated carbocycles. The fraction of sp³-hybridized carbons (Fsp3) is 0.778. The topological polar surface area (TPSA) is 62.8 Å². The number of ether oxygens (including phenoxy) is 1. The van der Waals surface area contributed by atoms with Gasteiger partial charge in [0.25, 0.3) is 0 Å². The Morgan fingerprint density at radius 1 is 1.60 bits per heavy atom. The highest BCUT2D eigenvalue weighted by molar-refractivity contribution is 7.99. The Balaban J connectivity index is 1.97.